The van der Waals surface area contributed by atoms with Crippen molar-refractivity contribution in [2.45, 2.75) is 19.3 Å². The highest BCUT2D eigenvalue weighted by Crippen LogP contribution is 2.22. The molecule has 1 aromatic rings. The van der Waals surface area contributed by atoms with Crippen LogP contribution in [0.25, 0.3) is 0 Å². The van der Waals surface area contributed by atoms with E-state index in [0.29, 0.717) is 19.3 Å². The van der Waals surface area contributed by atoms with Crippen LogP contribution in [0.2, 0.25) is 0 Å². The van der Waals surface area contributed by atoms with Gasteiger partial charge in [-0.25, -0.2) is 13.2 Å². The molecule has 0 saturated heterocycles. The number of halogens is 1. The molecule has 0 amide bonds. The number of carbonyl (C=O) groups is 1. The SMILES string of the molecule is O=C(O)c1ccc(CCS(=O)(=O)CC2=CC=C(Cl)CC2)cc1. The highest BCUT2D eigenvalue weighted by atomic mass is 35.5. The van der Waals surface area contributed by atoms with Crippen molar-refractivity contribution >= 4 is 27.4 Å². The molecule has 1 N–H and O–H groups in total. The lowest BCUT2D eigenvalue weighted by Gasteiger charge is -2.11. The Morgan fingerprint density at radius 2 is 1.82 bits per heavy atom. The summed E-state index contributed by atoms with van der Waals surface area (Å²) in [6.07, 6.45) is 5.29. The molecule has 0 aromatic heterocycles. The van der Waals surface area contributed by atoms with Gasteiger partial charge in [-0.3, -0.25) is 0 Å². The monoisotopic (exact) mass is 340 g/mol. The van der Waals surface area contributed by atoms with E-state index in [0.717, 1.165) is 16.2 Å². The number of carboxylic acid groups (broad SMARTS) is 1. The zero-order valence-corrected chi connectivity index (χ0v) is 13.5. The minimum atomic E-state index is -3.18. The fourth-order valence-corrected chi connectivity index (χ4v) is 3.87. The summed E-state index contributed by atoms with van der Waals surface area (Å²) in [5.41, 5.74) is 1.89. The van der Waals surface area contributed by atoms with E-state index in [2.05, 4.69) is 0 Å². The topological polar surface area (TPSA) is 71.4 Å². The molecule has 6 heteroatoms. The van der Waals surface area contributed by atoms with E-state index >= 15 is 0 Å². The van der Waals surface area contributed by atoms with Gasteiger partial charge in [0, 0.05) is 5.03 Å². The number of hydrogen-bond acceptors (Lipinski definition) is 3. The zero-order valence-electron chi connectivity index (χ0n) is 12.0. The number of benzene rings is 1. The first-order chi connectivity index (χ1) is 10.4. The van der Waals surface area contributed by atoms with Crippen LogP contribution in [0.4, 0.5) is 0 Å². The summed E-state index contributed by atoms with van der Waals surface area (Å²) < 4.78 is 24.3. The van der Waals surface area contributed by atoms with Crippen LogP contribution in [-0.2, 0) is 16.3 Å². The Bertz CT molecular complexity index is 715. The molecule has 0 saturated carbocycles. The number of allylic oxidation sites excluding steroid dienone is 3. The third-order valence-corrected chi connectivity index (χ3v) is 5.44. The van der Waals surface area contributed by atoms with Crippen LogP contribution in [0.1, 0.15) is 28.8 Å². The van der Waals surface area contributed by atoms with E-state index in [4.69, 9.17) is 16.7 Å². The van der Waals surface area contributed by atoms with Crippen LogP contribution in [-0.4, -0.2) is 31.0 Å². The van der Waals surface area contributed by atoms with Crippen molar-refractivity contribution in [3.05, 3.63) is 58.1 Å². The molecule has 0 radical (unpaired) electrons. The molecule has 0 heterocycles. The van der Waals surface area contributed by atoms with Crippen molar-refractivity contribution in [3.8, 4) is 0 Å². The van der Waals surface area contributed by atoms with Gasteiger partial charge in [0.25, 0.3) is 0 Å². The first-order valence-electron chi connectivity index (χ1n) is 6.92. The number of carboxylic acids is 1. The van der Waals surface area contributed by atoms with Crippen LogP contribution >= 0.6 is 11.6 Å². The summed E-state index contributed by atoms with van der Waals surface area (Å²) in [5.74, 6) is -0.884. The Hall–Kier alpha value is -1.59. The Labute approximate surface area is 135 Å². The molecular formula is C16H17ClO4S. The van der Waals surface area contributed by atoms with Crippen molar-refractivity contribution < 1.29 is 18.3 Å². The molecule has 0 atom stereocenters. The molecule has 1 aromatic carbocycles. The molecule has 2 rings (SSSR count). The maximum absolute atomic E-state index is 12.1. The number of rotatable bonds is 6. The maximum atomic E-state index is 12.1. The molecule has 0 fully saturated rings. The molecule has 118 valence electrons. The minimum Gasteiger partial charge on any atom is -0.478 e. The Morgan fingerprint density at radius 1 is 1.14 bits per heavy atom. The largest absolute Gasteiger partial charge is 0.478 e. The van der Waals surface area contributed by atoms with Crippen molar-refractivity contribution in [2.24, 2.45) is 0 Å². The number of hydrogen-bond donors (Lipinski definition) is 1. The van der Waals surface area contributed by atoms with Gasteiger partial charge in [0.05, 0.1) is 17.1 Å². The van der Waals surface area contributed by atoms with Gasteiger partial charge in [0.2, 0.25) is 0 Å². The van der Waals surface area contributed by atoms with E-state index in [1.54, 1.807) is 24.3 Å². The van der Waals surface area contributed by atoms with Gasteiger partial charge in [0.15, 0.2) is 9.84 Å². The quantitative estimate of drug-likeness (QED) is 0.863. The number of sulfone groups is 1. The van der Waals surface area contributed by atoms with Gasteiger partial charge in [-0.1, -0.05) is 35.4 Å². The molecule has 4 nitrogen and oxygen atoms in total. The fraction of sp³-hybridized carbons (Fsp3) is 0.312. The Kier molecular flexibility index (Phi) is 5.42. The van der Waals surface area contributed by atoms with Crippen LogP contribution in [0, 0.1) is 0 Å². The summed E-state index contributed by atoms with van der Waals surface area (Å²) >= 11 is 5.85. The summed E-state index contributed by atoms with van der Waals surface area (Å²) in [4.78, 5) is 10.8. The lowest BCUT2D eigenvalue weighted by molar-refractivity contribution is 0.0697. The van der Waals surface area contributed by atoms with E-state index in [-0.39, 0.29) is 17.1 Å². The second-order valence-electron chi connectivity index (χ2n) is 5.28. The van der Waals surface area contributed by atoms with E-state index in [9.17, 15) is 13.2 Å². The maximum Gasteiger partial charge on any atom is 0.335 e. The van der Waals surface area contributed by atoms with Crippen molar-refractivity contribution in [1.29, 1.82) is 0 Å². The number of aromatic carboxylic acids is 1. The molecule has 0 aliphatic heterocycles. The first-order valence-corrected chi connectivity index (χ1v) is 9.12. The van der Waals surface area contributed by atoms with Gasteiger partial charge in [-0.05, 0) is 43.0 Å². The van der Waals surface area contributed by atoms with Gasteiger partial charge in [-0.2, -0.15) is 0 Å². The lowest BCUT2D eigenvalue weighted by Crippen LogP contribution is -2.15. The first kappa shape index (κ1) is 16.8. The van der Waals surface area contributed by atoms with Crippen LogP contribution in [0.15, 0.2) is 47.0 Å². The third kappa shape index (κ3) is 5.00. The van der Waals surface area contributed by atoms with E-state index in [1.165, 1.54) is 12.1 Å². The highest BCUT2D eigenvalue weighted by Gasteiger charge is 2.16. The third-order valence-electron chi connectivity index (χ3n) is 3.49. The molecule has 0 spiro atoms. The van der Waals surface area contributed by atoms with E-state index in [1.807, 2.05) is 0 Å². The fourth-order valence-electron chi connectivity index (χ4n) is 2.22. The zero-order chi connectivity index (χ0) is 16.2. The van der Waals surface area contributed by atoms with Crippen molar-refractivity contribution in [3.63, 3.8) is 0 Å². The Morgan fingerprint density at radius 3 is 2.36 bits per heavy atom. The second kappa shape index (κ2) is 7.11. The predicted molar refractivity (Wildman–Crippen MR) is 87.0 cm³/mol. The van der Waals surface area contributed by atoms with Gasteiger partial charge >= 0.3 is 5.97 Å². The molecule has 0 bridgehead atoms. The summed E-state index contributed by atoms with van der Waals surface area (Å²) in [6.45, 7) is 0. The van der Waals surface area contributed by atoms with Crippen LogP contribution in [0.5, 0.6) is 0 Å². The van der Waals surface area contributed by atoms with Crippen LogP contribution < -0.4 is 0 Å². The smallest absolute Gasteiger partial charge is 0.335 e. The van der Waals surface area contributed by atoms with Gasteiger partial charge in [-0.15, -0.1) is 0 Å². The molecule has 22 heavy (non-hydrogen) atoms. The highest BCUT2D eigenvalue weighted by molar-refractivity contribution is 7.91. The average molecular weight is 341 g/mol. The van der Waals surface area contributed by atoms with Crippen molar-refractivity contribution in [1.82, 2.24) is 0 Å². The molecule has 1 aliphatic rings. The predicted octanol–water partition coefficient (Wildman–Crippen LogP) is 3.19. The molecular weight excluding hydrogens is 324 g/mol. The second-order valence-corrected chi connectivity index (χ2v) is 7.95. The van der Waals surface area contributed by atoms with Gasteiger partial charge in [0.1, 0.15) is 0 Å². The molecule has 0 unspecified atom stereocenters. The average Bonchev–Trinajstić information content (AvgIpc) is 2.48. The van der Waals surface area contributed by atoms with Crippen LogP contribution in [0.3, 0.4) is 0 Å². The van der Waals surface area contributed by atoms with Crippen molar-refractivity contribution in [2.75, 3.05) is 11.5 Å². The summed E-state index contributed by atoms with van der Waals surface area (Å²) in [7, 11) is -3.18. The summed E-state index contributed by atoms with van der Waals surface area (Å²) in [6, 6.07) is 6.28. The molecule has 1 aliphatic carbocycles. The number of aryl methyl sites for hydroxylation is 1. The normalized spacial score (nSPS) is 15.1. The van der Waals surface area contributed by atoms with E-state index < -0.39 is 15.8 Å². The lowest BCUT2D eigenvalue weighted by atomic mass is 10.1. The minimum absolute atomic E-state index is 0.0498. The Balaban J connectivity index is 1.93. The summed E-state index contributed by atoms with van der Waals surface area (Å²) in [5, 5.41) is 9.57. The van der Waals surface area contributed by atoms with Gasteiger partial charge < -0.3 is 5.11 Å². The standard InChI is InChI=1S/C16H17ClO4S/c17-15-7-3-13(4-8-15)11-22(20,21)10-9-12-1-5-14(6-2-12)16(18)19/h1-3,5-7H,4,8-11H2,(H,18,19).